The molecule has 0 amide bonds. The van der Waals surface area contributed by atoms with E-state index in [1.54, 1.807) is 42.5 Å². The summed E-state index contributed by atoms with van der Waals surface area (Å²) in [5.41, 5.74) is 0.307. The molecule has 0 radical (unpaired) electrons. The fourth-order valence-corrected chi connectivity index (χ4v) is 2.30. The Hall–Kier alpha value is -3.29. The summed E-state index contributed by atoms with van der Waals surface area (Å²) in [6.07, 6.45) is 0. The van der Waals surface area contributed by atoms with Gasteiger partial charge in [-0.3, -0.25) is 20.2 Å². The van der Waals surface area contributed by atoms with Crippen molar-refractivity contribution in [1.82, 2.24) is 0 Å². The lowest BCUT2D eigenvalue weighted by molar-refractivity contribution is -0.516. The monoisotopic (exact) mass is 330 g/mol. The van der Waals surface area contributed by atoms with Crippen LogP contribution in [0.4, 0.5) is 0 Å². The number of esters is 1. The van der Waals surface area contributed by atoms with Crippen molar-refractivity contribution in [2.24, 2.45) is 0 Å². The molecule has 0 aliphatic carbocycles. The van der Waals surface area contributed by atoms with Gasteiger partial charge in [-0.1, -0.05) is 36.4 Å². The number of carbonyl (C=O) groups is 1. The van der Waals surface area contributed by atoms with Crippen LogP contribution in [0.25, 0.3) is 0 Å². The molecule has 0 unspecified atom stereocenters. The van der Waals surface area contributed by atoms with Gasteiger partial charge in [0.05, 0.1) is 5.56 Å². The Kier molecular flexibility index (Phi) is 5.56. The van der Waals surface area contributed by atoms with Crippen LogP contribution in [-0.4, -0.2) is 28.9 Å². The molecule has 0 N–H and O–H groups in total. The largest absolute Gasteiger partial charge is 0.423 e. The summed E-state index contributed by atoms with van der Waals surface area (Å²) in [7, 11) is 0. The minimum absolute atomic E-state index is 0.0788. The first kappa shape index (κ1) is 17.1. The molecule has 0 saturated heterocycles. The molecular formula is C16H14N2O6. The third kappa shape index (κ3) is 4.60. The maximum atomic E-state index is 12.3. The minimum atomic E-state index is -1.02. The topological polar surface area (TPSA) is 113 Å². The molecule has 8 nitrogen and oxygen atoms in total. The zero-order chi connectivity index (χ0) is 17.5. The van der Waals surface area contributed by atoms with Gasteiger partial charge in [-0.2, -0.15) is 0 Å². The fourth-order valence-electron chi connectivity index (χ4n) is 2.30. The average molecular weight is 330 g/mol. The second-order valence-electron chi connectivity index (χ2n) is 5.02. The Morgan fingerprint density at radius 2 is 1.46 bits per heavy atom. The van der Waals surface area contributed by atoms with Crippen molar-refractivity contribution < 1.29 is 19.4 Å². The number of hydrogen-bond donors (Lipinski definition) is 0. The van der Waals surface area contributed by atoms with Gasteiger partial charge in [0.25, 0.3) is 0 Å². The maximum absolute atomic E-state index is 12.3. The number of hydrogen-bond acceptors (Lipinski definition) is 6. The second-order valence-corrected chi connectivity index (χ2v) is 5.02. The summed E-state index contributed by atoms with van der Waals surface area (Å²) >= 11 is 0. The standard InChI is InChI=1S/C16H14N2O6/c19-16(24-13-6-2-1-3-7-13)15-9-5-4-8-14(15)12(10-17(20)21)11-18(22)23/h1-9,12H,10-11H2. The van der Waals surface area contributed by atoms with Crippen LogP contribution in [0.5, 0.6) is 5.75 Å². The van der Waals surface area contributed by atoms with E-state index in [1.807, 2.05) is 0 Å². The van der Waals surface area contributed by atoms with E-state index >= 15 is 0 Å². The second kappa shape index (κ2) is 7.82. The maximum Gasteiger partial charge on any atom is 0.343 e. The number of nitrogens with zero attached hydrogens (tertiary/aromatic N) is 2. The van der Waals surface area contributed by atoms with E-state index in [4.69, 9.17) is 4.74 Å². The van der Waals surface area contributed by atoms with Crippen molar-refractivity contribution in [3.05, 3.63) is 86.0 Å². The third-order valence-electron chi connectivity index (χ3n) is 3.31. The Morgan fingerprint density at radius 3 is 2.04 bits per heavy atom. The van der Waals surface area contributed by atoms with Gasteiger partial charge in [-0.05, 0) is 23.8 Å². The fraction of sp³-hybridized carbons (Fsp3) is 0.188. The molecule has 2 aromatic rings. The zero-order valence-corrected chi connectivity index (χ0v) is 12.5. The molecule has 0 fully saturated rings. The van der Waals surface area contributed by atoms with Crippen LogP contribution in [0.1, 0.15) is 21.8 Å². The first-order valence-electron chi connectivity index (χ1n) is 7.07. The van der Waals surface area contributed by atoms with E-state index in [-0.39, 0.29) is 11.1 Å². The van der Waals surface area contributed by atoms with Crippen molar-refractivity contribution in [3.63, 3.8) is 0 Å². The third-order valence-corrected chi connectivity index (χ3v) is 3.31. The number of rotatable bonds is 7. The van der Waals surface area contributed by atoms with Crippen LogP contribution in [-0.2, 0) is 0 Å². The van der Waals surface area contributed by atoms with E-state index in [1.165, 1.54) is 12.1 Å². The van der Waals surface area contributed by atoms with Gasteiger partial charge in [0, 0.05) is 9.85 Å². The molecule has 0 bridgehead atoms. The molecule has 124 valence electrons. The molecule has 0 heterocycles. The normalized spacial score (nSPS) is 10.4. The van der Waals surface area contributed by atoms with Gasteiger partial charge >= 0.3 is 5.97 Å². The Labute approximate surface area is 137 Å². The van der Waals surface area contributed by atoms with Crippen LogP contribution in [0.3, 0.4) is 0 Å². The summed E-state index contributed by atoms with van der Waals surface area (Å²) in [5, 5.41) is 21.6. The Bertz CT molecular complexity index is 731. The van der Waals surface area contributed by atoms with Crippen LogP contribution in [0.15, 0.2) is 54.6 Å². The number of benzene rings is 2. The number of para-hydroxylation sites is 1. The van der Waals surface area contributed by atoms with E-state index in [9.17, 15) is 25.0 Å². The van der Waals surface area contributed by atoms with E-state index in [2.05, 4.69) is 0 Å². The number of ether oxygens (including phenoxy) is 1. The molecule has 24 heavy (non-hydrogen) atoms. The van der Waals surface area contributed by atoms with Crippen LogP contribution in [0, 0.1) is 20.2 Å². The summed E-state index contributed by atoms with van der Waals surface area (Å²) in [6, 6.07) is 14.4. The molecule has 0 aliphatic heterocycles. The summed E-state index contributed by atoms with van der Waals surface area (Å²) < 4.78 is 5.22. The predicted molar refractivity (Wildman–Crippen MR) is 84.3 cm³/mol. The summed E-state index contributed by atoms with van der Waals surface area (Å²) in [4.78, 5) is 32.7. The first-order chi connectivity index (χ1) is 11.5. The van der Waals surface area contributed by atoms with Crippen LogP contribution >= 0.6 is 0 Å². The first-order valence-corrected chi connectivity index (χ1v) is 7.07. The van der Waals surface area contributed by atoms with Crippen molar-refractivity contribution in [2.45, 2.75) is 5.92 Å². The van der Waals surface area contributed by atoms with E-state index in [0.29, 0.717) is 5.75 Å². The molecule has 2 aromatic carbocycles. The minimum Gasteiger partial charge on any atom is -0.423 e. The lowest BCUT2D eigenvalue weighted by atomic mass is 9.94. The lowest BCUT2D eigenvalue weighted by Crippen LogP contribution is -2.23. The van der Waals surface area contributed by atoms with Crippen LogP contribution in [0.2, 0.25) is 0 Å². The highest BCUT2D eigenvalue weighted by atomic mass is 16.6. The van der Waals surface area contributed by atoms with Gasteiger partial charge in [0.1, 0.15) is 11.7 Å². The highest BCUT2D eigenvalue weighted by molar-refractivity contribution is 5.92. The highest BCUT2D eigenvalue weighted by Gasteiger charge is 2.28. The predicted octanol–water partition coefficient (Wildman–Crippen LogP) is 2.54. The van der Waals surface area contributed by atoms with Gasteiger partial charge in [-0.15, -0.1) is 0 Å². The molecule has 0 spiro atoms. The molecule has 0 saturated carbocycles. The van der Waals surface area contributed by atoms with Gasteiger partial charge in [0.2, 0.25) is 13.1 Å². The molecular weight excluding hydrogens is 316 g/mol. The van der Waals surface area contributed by atoms with E-state index in [0.717, 1.165) is 0 Å². The van der Waals surface area contributed by atoms with Gasteiger partial charge < -0.3 is 4.74 Å². The van der Waals surface area contributed by atoms with Gasteiger partial charge in [-0.25, -0.2) is 4.79 Å². The smallest absolute Gasteiger partial charge is 0.343 e. The number of nitro groups is 2. The number of carbonyl (C=O) groups excluding carboxylic acids is 1. The molecule has 0 aliphatic rings. The molecule has 0 atom stereocenters. The average Bonchev–Trinajstić information content (AvgIpc) is 2.54. The van der Waals surface area contributed by atoms with Crippen LogP contribution < -0.4 is 4.74 Å². The zero-order valence-electron chi connectivity index (χ0n) is 12.5. The van der Waals surface area contributed by atoms with Crippen molar-refractivity contribution in [1.29, 1.82) is 0 Å². The summed E-state index contributed by atoms with van der Waals surface area (Å²) in [5.74, 6) is -1.42. The summed E-state index contributed by atoms with van der Waals surface area (Å²) in [6.45, 7) is -1.28. The van der Waals surface area contributed by atoms with Crippen molar-refractivity contribution in [3.8, 4) is 5.75 Å². The SMILES string of the molecule is O=C(Oc1ccccc1)c1ccccc1C(C[N+](=O)[O-])C[N+](=O)[O-]. The van der Waals surface area contributed by atoms with Gasteiger partial charge in [0.15, 0.2) is 0 Å². The molecule has 8 heteroatoms. The van der Waals surface area contributed by atoms with E-state index < -0.39 is 34.8 Å². The van der Waals surface area contributed by atoms with Crippen molar-refractivity contribution >= 4 is 5.97 Å². The molecule has 0 aromatic heterocycles. The Morgan fingerprint density at radius 1 is 0.917 bits per heavy atom. The Balaban J connectivity index is 2.31. The highest BCUT2D eigenvalue weighted by Crippen LogP contribution is 2.23. The van der Waals surface area contributed by atoms with Crippen molar-refractivity contribution in [2.75, 3.05) is 13.1 Å². The lowest BCUT2D eigenvalue weighted by Gasteiger charge is -2.13. The molecule has 2 rings (SSSR count). The quantitative estimate of drug-likeness (QED) is 0.334.